The predicted octanol–water partition coefficient (Wildman–Crippen LogP) is 2.43. The third-order valence-corrected chi connectivity index (χ3v) is 6.34. The summed E-state index contributed by atoms with van der Waals surface area (Å²) in [4.78, 5) is 12.3. The average molecular weight is 462 g/mol. The standard InChI is InChI=1S/C26H39NO6/c1-16(11-12-19-18(3)10-7-13-26(19,4)5)8-6-9-17(2)14-21(29)27-22-24(31)23(30)20(15-28)33-25(22)32/h6,8-9,11-12,14,20,22-25,28,30-32H,7,10,13,15H2,1-5H3,(H,27,29)/b9-6+,12-11+,16-8+,17-14-/t20-,22-,23-,24-,25-/m1/s1. The van der Waals surface area contributed by atoms with E-state index in [4.69, 9.17) is 9.84 Å². The van der Waals surface area contributed by atoms with Crippen molar-refractivity contribution in [1.29, 1.82) is 0 Å². The Hall–Kier alpha value is -2.03. The maximum atomic E-state index is 12.3. The third kappa shape index (κ3) is 7.48. The maximum absolute atomic E-state index is 12.3. The van der Waals surface area contributed by atoms with Crippen LogP contribution in [0.2, 0.25) is 0 Å². The van der Waals surface area contributed by atoms with E-state index in [9.17, 15) is 20.1 Å². The Labute approximate surface area is 196 Å². The van der Waals surface area contributed by atoms with Crippen molar-refractivity contribution in [2.75, 3.05) is 6.61 Å². The van der Waals surface area contributed by atoms with Crippen molar-refractivity contribution in [3.8, 4) is 0 Å². The minimum Gasteiger partial charge on any atom is -0.394 e. The van der Waals surface area contributed by atoms with Crippen LogP contribution in [0.4, 0.5) is 0 Å². The molecule has 0 spiro atoms. The summed E-state index contributed by atoms with van der Waals surface area (Å²) in [5.74, 6) is -0.541. The number of hydrogen-bond acceptors (Lipinski definition) is 6. The topological polar surface area (TPSA) is 119 Å². The molecule has 5 atom stereocenters. The van der Waals surface area contributed by atoms with Gasteiger partial charge in [-0.1, -0.05) is 55.4 Å². The molecule has 1 aliphatic heterocycles. The third-order valence-electron chi connectivity index (χ3n) is 6.34. The first kappa shape index (κ1) is 27.2. The van der Waals surface area contributed by atoms with E-state index in [-0.39, 0.29) is 5.41 Å². The molecule has 0 aromatic rings. The number of carbonyl (C=O) groups excluding carboxylic acids is 1. The van der Waals surface area contributed by atoms with Crippen molar-refractivity contribution in [1.82, 2.24) is 5.32 Å². The molecule has 1 aliphatic carbocycles. The van der Waals surface area contributed by atoms with Gasteiger partial charge in [-0.15, -0.1) is 0 Å². The lowest BCUT2D eigenvalue weighted by atomic mass is 9.72. The Balaban J connectivity index is 1.96. The van der Waals surface area contributed by atoms with Crippen LogP contribution in [-0.4, -0.2) is 63.6 Å². The molecular formula is C26H39NO6. The second-order valence-corrected chi connectivity index (χ2v) is 9.69. The highest BCUT2D eigenvalue weighted by Gasteiger charge is 2.44. The minimum absolute atomic E-state index is 0.196. The van der Waals surface area contributed by atoms with Gasteiger partial charge in [0, 0.05) is 6.08 Å². The molecule has 2 aliphatic rings. The van der Waals surface area contributed by atoms with Gasteiger partial charge in [-0.2, -0.15) is 0 Å². The highest BCUT2D eigenvalue weighted by atomic mass is 16.6. The molecule has 0 aromatic carbocycles. The summed E-state index contributed by atoms with van der Waals surface area (Å²) < 4.78 is 5.04. The normalized spacial score (nSPS) is 31.5. The first-order valence-electron chi connectivity index (χ1n) is 11.5. The molecule has 7 heteroatoms. The van der Waals surface area contributed by atoms with Crippen molar-refractivity contribution >= 4 is 5.91 Å². The molecule has 2 rings (SSSR count). The molecule has 5 N–H and O–H groups in total. The van der Waals surface area contributed by atoms with E-state index in [1.807, 2.05) is 19.1 Å². The quantitative estimate of drug-likeness (QED) is 0.293. The second kappa shape index (κ2) is 11.9. The zero-order chi connectivity index (χ0) is 24.8. The van der Waals surface area contributed by atoms with Crippen molar-refractivity contribution in [2.45, 2.75) is 84.5 Å². The zero-order valence-electron chi connectivity index (χ0n) is 20.3. The molecule has 1 saturated heterocycles. The van der Waals surface area contributed by atoms with Gasteiger partial charge in [-0.25, -0.2) is 0 Å². The molecule has 33 heavy (non-hydrogen) atoms. The molecular weight excluding hydrogens is 422 g/mol. The van der Waals surface area contributed by atoms with E-state index >= 15 is 0 Å². The molecule has 0 saturated carbocycles. The predicted molar refractivity (Wildman–Crippen MR) is 128 cm³/mol. The first-order valence-corrected chi connectivity index (χ1v) is 11.5. The van der Waals surface area contributed by atoms with Gasteiger partial charge < -0.3 is 30.5 Å². The van der Waals surface area contributed by atoms with Crippen molar-refractivity contribution < 1.29 is 30.0 Å². The zero-order valence-corrected chi connectivity index (χ0v) is 20.3. The highest BCUT2D eigenvalue weighted by molar-refractivity contribution is 5.88. The Morgan fingerprint density at radius 3 is 2.48 bits per heavy atom. The van der Waals surface area contributed by atoms with E-state index in [0.29, 0.717) is 5.57 Å². The van der Waals surface area contributed by atoms with Crippen LogP contribution in [0.15, 0.2) is 58.7 Å². The SMILES string of the molecule is CC1=C(/C=C/C(C)=C/C=C/C(C)=C\C(=O)N[C@@H]2[C@@H](O)[C@H](O)[C@@H](CO)O[C@H]2O)C(C)(C)CCC1. The van der Waals surface area contributed by atoms with Crippen LogP contribution in [0.25, 0.3) is 0 Å². The number of aliphatic hydroxyl groups excluding tert-OH is 4. The number of rotatable bonds is 7. The number of aliphatic hydroxyl groups is 4. The fourth-order valence-corrected chi connectivity index (χ4v) is 4.35. The lowest BCUT2D eigenvalue weighted by molar-refractivity contribution is -0.253. The van der Waals surface area contributed by atoms with Gasteiger partial charge in [0.25, 0.3) is 0 Å². The number of amides is 1. The van der Waals surface area contributed by atoms with Crippen molar-refractivity contribution in [3.05, 3.63) is 58.7 Å². The fourth-order valence-electron chi connectivity index (χ4n) is 4.35. The number of nitrogens with one attached hydrogen (secondary N) is 1. The van der Waals surface area contributed by atoms with E-state index in [2.05, 4.69) is 38.2 Å². The van der Waals surface area contributed by atoms with E-state index < -0.39 is 43.2 Å². The van der Waals surface area contributed by atoms with E-state index in [1.54, 1.807) is 13.0 Å². The number of allylic oxidation sites excluding steroid dienone is 9. The van der Waals surface area contributed by atoms with Gasteiger partial charge >= 0.3 is 0 Å². The molecule has 0 bridgehead atoms. The second-order valence-electron chi connectivity index (χ2n) is 9.69. The van der Waals surface area contributed by atoms with Crippen LogP contribution >= 0.6 is 0 Å². The van der Waals surface area contributed by atoms with Crippen LogP contribution in [0.5, 0.6) is 0 Å². The molecule has 1 fully saturated rings. The number of ether oxygens (including phenoxy) is 1. The van der Waals surface area contributed by atoms with E-state index in [0.717, 1.165) is 12.0 Å². The first-order chi connectivity index (χ1) is 15.5. The van der Waals surface area contributed by atoms with E-state index in [1.165, 1.54) is 30.1 Å². The van der Waals surface area contributed by atoms with Gasteiger partial charge in [-0.3, -0.25) is 4.79 Å². The molecule has 184 valence electrons. The van der Waals surface area contributed by atoms with Crippen molar-refractivity contribution in [2.24, 2.45) is 5.41 Å². The largest absolute Gasteiger partial charge is 0.394 e. The summed E-state index contributed by atoms with van der Waals surface area (Å²) in [5, 5.41) is 41.6. The Morgan fingerprint density at radius 2 is 1.85 bits per heavy atom. The summed E-state index contributed by atoms with van der Waals surface area (Å²) in [5.41, 5.74) is 4.81. The molecule has 1 amide bonds. The summed E-state index contributed by atoms with van der Waals surface area (Å²) in [6.07, 6.45) is 9.30. The van der Waals surface area contributed by atoms with Gasteiger partial charge in [-0.05, 0) is 56.6 Å². The summed E-state index contributed by atoms with van der Waals surface area (Å²) in [6, 6.07) is -1.21. The number of hydrogen-bond donors (Lipinski definition) is 5. The molecule has 7 nitrogen and oxygen atoms in total. The van der Waals surface area contributed by atoms with Gasteiger partial charge in [0.2, 0.25) is 5.91 Å². The Bertz CT molecular complexity index is 851. The van der Waals surface area contributed by atoms with Gasteiger partial charge in [0.1, 0.15) is 24.4 Å². The average Bonchev–Trinajstić information content (AvgIpc) is 2.72. The van der Waals surface area contributed by atoms with Crippen LogP contribution in [0.3, 0.4) is 0 Å². The van der Waals surface area contributed by atoms with Crippen LogP contribution in [0, 0.1) is 5.41 Å². The van der Waals surface area contributed by atoms with Crippen molar-refractivity contribution in [3.63, 3.8) is 0 Å². The monoisotopic (exact) mass is 461 g/mol. The Kier molecular flexibility index (Phi) is 9.82. The molecule has 0 radical (unpaired) electrons. The lowest BCUT2D eigenvalue weighted by Crippen LogP contribution is -2.64. The molecule has 0 unspecified atom stereocenters. The molecule has 0 aromatic heterocycles. The molecule has 1 heterocycles. The van der Waals surface area contributed by atoms with Gasteiger partial charge in [0.15, 0.2) is 6.29 Å². The Morgan fingerprint density at radius 1 is 1.15 bits per heavy atom. The maximum Gasteiger partial charge on any atom is 0.244 e. The summed E-state index contributed by atoms with van der Waals surface area (Å²) in [6.45, 7) is 10.0. The van der Waals surface area contributed by atoms with Crippen LogP contribution in [-0.2, 0) is 9.53 Å². The fraction of sp³-hybridized carbons (Fsp3) is 0.577. The highest BCUT2D eigenvalue weighted by Crippen LogP contribution is 2.40. The van der Waals surface area contributed by atoms with Crippen LogP contribution < -0.4 is 5.32 Å². The number of carbonyl (C=O) groups is 1. The smallest absolute Gasteiger partial charge is 0.244 e. The lowest BCUT2D eigenvalue weighted by Gasteiger charge is -2.40. The van der Waals surface area contributed by atoms with Crippen LogP contribution in [0.1, 0.15) is 53.9 Å². The summed E-state index contributed by atoms with van der Waals surface area (Å²) >= 11 is 0. The van der Waals surface area contributed by atoms with Gasteiger partial charge in [0.05, 0.1) is 6.61 Å². The minimum atomic E-state index is -1.54. The summed E-state index contributed by atoms with van der Waals surface area (Å²) in [7, 11) is 0.